The van der Waals surface area contributed by atoms with Crippen LogP contribution in [0.4, 0.5) is 5.69 Å². The van der Waals surface area contributed by atoms with Gasteiger partial charge in [0.25, 0.3) is 0 Å². The van der Waals surface area contributed by atoms with Crippen molar-refractivity contribution in [2.24, 2.45) is 0 Å². The minimum atomic E-state index is 0.587. The molecular formula is C18H20ClN. The van der Waals surface area contributed by atoms with Gasteiger partial charge in [-0.05, 0) is 30.5 Å². The molecule has 1 aliphatic rings. The number of hydrogen-bond acceptors (Lipinski definition) is 1. The number of halogens is 1. The number of rotatable bonds is 3. The second-order valence-corrected chi connectivity index (χ2v) is 5.88. The van der Waals surface area contributed by atoms with E-state index in [-0.39, 0.29) is 0 Å². The Morgan fingerprint density at radius 3 is 2.70 bits per heavy atom. The van der Waals surface area contributed by atoms with Gasteiger partial charge in [0.1, 0.15) is 0 Å². The highest BCUT2D eigenvalue weighted by molar-refractivity contribution is 6.17. The molecule has 1 atom stereocenters. The lowest BCUT2D eigenvalue weighted by Crippen LogP contribution is -2.20. The topological polar surface area (TPSA) is 3.24 Å². The van der Waals surface area contributed by atoms with Gasteiger partial charge in [0.2, 0.25) is 0 Å². The average Bonchev–Trinajstić information content (AvgIpc) is 2.97. The molecule has 2 aromatic carbocycles. The summed E-state index contributed by atoms with van der Waals surface area (Å²) in [7, 11) is 0. The van der Waals surface area contributed by atoms with Crippen molar-refractivity contribution in [3.63, 3.8) is 0 Å². The summed E-state index contributed by atoms with van der Waals surface area (Å²) in [6.07, 6.45) is 1.22. The largest absolute Gasteiger partial charge is 0.371 e. The first-order chi connectivity index (χ1) is 9.78. The van der Waals surface area contributed by atoms with E-state index in [4.69, 9.17) is 11.6 Å². The molecule has 2 heteroatoms. The fourth-order valence-corrected chi connectivity index (χ4v) is 3.32. The van der Waals surface area contributed by atoms with Crippen molar-refractivity contribution in [2.45, 2.75) is 25.1 Å². The Hall–Kier alpha value is -1.47. The van der Waals surface area contributed by atoms with Crippen LogP contribution in [0.25, 0.3) is 0 Å². The minimum Gasteiger partial charge on any atom is -0.371 e. The summed E-state index contributed by atoms with van der Waals surface area (Å²) in [6.45, 7) is 4.33. The highest BCUT2D eigenvalue weighted by Gasteiger charge is 2.25. The fourth-order valence-electron chi connectivity index (χ4n) is 3.11. The maximum Gasteiger partial charge on any atom is 0.0494 e. The third kappa shape index (κ3) is 2.69. The fraction of sp³-hybridized carbons (Fsp3) is 0.333. The molecule has 0 aliphatic carbocycles. The molecule has 1 fully saturated rings. The van der Waals surface area contributed by atoms with Gasteiger partial charge < -0.3 is 4.90 Å². The van der Waals surface area contributed by atoms with E-state index in [1.807, 2.05) is 0 Å². The number of nitrogens with zero attached hydrogens (tertiary/aromatic N) is 1. The molecule has 1 nitrogen and oxygen atoms in total. The Bertz CT molecular complexity index is 579. The average molecular weight is 286 g/mol. The van der Waals surface area contributed by atoms with Crippen molar-refractivity contribution >= 4 is 17.3 Å². The van der Waals surface area contributed by atoms with Gasteiger partial charge in [-0.2, -0.15) is 0 Å². The summed E-state index contributed by atoms with van der Waals surface area (Å²) < 4.78 is 0. The molecule has 0 saturated carbocycles. The molecule has 1 aliphatic heterocycles. The van der Waals surface area contributed by atoms with E-state index in [9.17, 15) is 0 Å². The van der Waals surface area contributed by atoms with Gasteiger partial charge in [0, 0.05) is 30.6 Å². The van der Waals surface area contributed by atoms with E-state index in [1.165, 1.54) is 28.8 Å². The zero-order valence-electron chi connectivity index (χ0n) is 11.8. The van der Waals surface area contributed by atoms with E-state index in [1.54, 1.807) is 0 Å². The highest BCUT2D eigenvalue weighted by atomic mass is 35.5. The van der Waals surface area contributed by atoms with Crippen LogP contribution in [0.15, 0.2) is 48.5 Å². The molecule has 3 rings (SSSR count). The van der Waals surface area contributed by atoms with E-state index >= 15 is 0 Å². The van der Waals surface area contributed by atoms with Crippen LogP contribution in [-0.4, -0.2) is 13.1 Å². The van der Waals surface area contributed by atoms with Gasteiger partial charge in [-0.3, -0.25) is 0 Å². The lowest BCUT2D eigenvalue weighted by atomic mass is 9.99. The predicted molar refractivity (Wildman–Crippen MR) is 86.7 cm³/mol. The summed E-state index contributed by atoms with van der Waals surface area (Å²) in [6, 6.07) is 17.4. The first-order valence-corrected chi connectivity index (χ1v) is 7.77. The van der Waals surface area contributed by atoms with Gasteiger partial charge >= 0.3 is 0 Å². The third-order valence-corrected chi connectivity index (χ3v) is 4.47. The first kappa shape index (κ1) is 13.5. The van der Waals surface area contributed by atoms with Gasteiger partial charge in [0.05, 0.1) is 0 Å². The van der Waals surface area contributed by atoms with Crippen molar-refractivity contribution in [1.82, 2.24) is 0 Å². The van der Waals surface area contributed by atoms with Crippen LogP contribution in [0.2, 0.25) is 0 Å². The summed E-state index contributed by atoms with van der Waals surface area (Å²) in [4.78, 5) is 2.48. The number of anilines is 1. The standard InChI is InChI=1S/C18H20ClN/c1-14-7-8-18(17(11-14)12-19)20-10-9-16(13-20)15-5-3-2-4-6-15/h2-8,11,16H,9-10,12-13H2,1H3. The molecule has 20 heavy (non-hydrogen) atoms. The second-order valence-electron chi connectivity index (χ2n) is 5.61. The van der Waals surface area contributed by atoms with Crippen molar-refractivity contribution in [3.8, 4) is 0 Å². The van der Waals surface area contributed by atoms with Crippen LogP contribution < -0.4 is 4.90 Å². The monoisotopic (exact) mass is 285 g/mol. The maximum atomic E-state index is 6.11. The second kappa shape index (κ2) is 5.88. The summed E-state index contributed by atoms with van der Waals surface area (Å²) in [5.41, 5.74) is 5.29. The Balaban J connectivity index is 1.81. The molecule has 1 heterocycles. The number of benzene rings is 2. The molecule has 1 unspecified atom stereocenters. The minimum absolute atomic E-state index is 0.587. The normalized spacial score (nSPS) is 18.5. The van der Waals surface area contributed by atoms with E-state index in [2.05, 4.69) is 60.4 Å². The number of hydrogen-bond donors (Lipinski definition) is 0. The Kier molecular flexibility index (Phi) is 3.98. The zero-order chi connectivity index (χ0) is 13.9. The van der Waals surface area contributed by atoms with Crippen LogP contribution in [-0.2, 0) is 5.88 Å². The number of alkyl halides is 1. The third-order valence-electron chi connectivity index (χ3n) is 4.18. The SMILES string of the molecule is Cc1ccc(N2CCC(c3ccccc3)C2)c(CCl)c1. The molecule has 2 aromatic rings. The van der Waals surface area contributed by atoms with Gasteiger partial charge in [-0.25, -0.2) is 0 Å². The molecular weight excluding hydrogens is 266 g/mol. The van der Waals surface area contributed by atoms with E-state index in [0.717, 1.165) is 13.1 Å². The predicted octanol–water partition coefficient (Wildman–Crippen LogP) is 4.73. The van der Waals surface area contributed by atoms with Gasteiger partial charge in [-0.1, -0.05) is 48.0 Å². The number of aryl methyl sites for hydroxylation is 1. The molecule has 0 spiro atoms. The lowest BCUT2D eigenvalue weighted by Gasteiger charge is -2.22. The van der Waals surface area contributed by atoms with Crippen molar-refractivity contribution in [2.75, 3.05) is 18.0 Å². The Labute approximate surface area is 126 Å². The van der Waals surface area contributed by atoms with Crippen molar-refractivity contribution in [3.05, 3.63) is 65.2 Å². The lowest BCUT2D eigenvalue weighted by molar-refractivity contribution is 0.775. The van der Waals surface area contributed by atoms with Crippen molar-refractivity contribution < 1.29 is 0 Å². The molecule has 0 radical (unpaired) electrons. The van der Waals surface area contributed by atoms with Gasteiger partial charge in [-0.15, -0.1) is 11.6 Å². The zero-order valence-corrected chi connectivity index (χ0v) is 12.6. The van der Waals surface area contributed by atoms with Crippen LogP contribution >= 0.6 is 11.6 Å². The van der Waals surface area contributed by atoms with Crippen LogP contribution in [0.3, 0.4) is 0 Å². The van der Waals surface area contributed by atoms with Gasteiger partial charge in [0.15, 0.2) is 0 Å². The summed E-state index contributed by atoms with van der Waals surface area (Å²) in [5.74, 6) is 1.23. The molecule has 0 bridgehead atoms. The first-order valence-electron chi connectivity index (χ1n) is 7.23. The van der Waals surface area contributed by atoms with E-state index < -0.39 is 0 Å². The molecule has 0 aromatic heterocycles. The summed E-state index contributed by atoms with van der Waals surface area (Å²) in [5, 5.41) is 0. The molecule has 104 valence electrons. The highest BCUT2D eigenvalue weighted by Crippen LogP contribution is 2.33. The van der Waals surface area contributed by atoms with E-state index in [0.29, 0.717) is 11.8 Å². The van der Waals surface area contributed by atoms with Crippen LogP contribution in [0.1, 0.15) is 29.0 Å². The van der Waals surface area contributed by atoms with Crippen LogP contribution in [0.5, 0.6) is 0 Å². The smallest absolute Gasteiger partial charge is 0.0494 e. The summed E-state index contributed by atoms with van der Waals surface area (Å²) >= 11 is 6.11. The molecule has 0 amide bonds. The quantitative estimate of drug-likeness (QED) is 0.737. The molecule has 0 N–H and O–H groups in total. The maximum absolute atomic E-state index is 6.11. The van der Waals surface area contributed by atoms with Crippen molar-refractivity contribution in [1.29, 1.82) is 0 Å². The Morgan fingerprint density at radius 2 is 1.95 bits per heavy atom. The molecule has 1 saturated heterocycles. The van der Waals surface area contributed by atoms with Crippen LogP contribution in [0, 0.1) is 6.92 Å². The Morgan fingerprint density at radius 1 is 1.15 bits per heavy atom.